The summed E-state index contributed by atoms with van der Waals surface area (Å²) >= 11 is 0. The lowest BCUT2D eigenvalue weighted by Crippen LogP contribution is -1.88. The van der Waals surface area contributed by atoms with Crippen molar-refractivity contribution in [2.45, 2.75) is 59.3 Å². The number of rotatable bonds is 6. The van der Waals surface area contributed by atoms with Gasteiger partial charge in [0.15, 0.2) is 0 Å². The number of unbranched alkanes of at least 4 members (excludes halogenated alkanes) is 1. The molecule has 0 nitrogen and oxygen atoms in total. The zero-order valence-corrected chi connectivity index (χ0v) is 14.2. The van der Waals surface area contributed by atoms with Gasteiger partial charge in [0.1, 0.15) is 0 Å². The van der Waals surface area contributed by atoms with Gasteiger partial charge in [-0.2, -0.15) is 0 Å². The van der Waals surface area contributed by atoms with Crippen LogP contribution in [0.3, 0.4) is 0 Å². The summed E-state index contributed by atoms with van der Waals surface area (Å²) in [6.07, 6.45) is 14.2. The van der Waals surface area contributed by atoms with Crippen molar-refractivity contribution in [3.05, 3.63) is 59.2 Å². The number of hydrogen-bond acceptors (Lipinski definition) is 0. The van der Waals surface area contributed by atoms with Crippen LogP contribution in [0.15, 0.2) is 48.1 Å². The number of halogens is 1. The van der Waals surface area contributed by atoms with Crippen LogP contribution >= 0.6 is 0 Å². The molecule has 118 valence electrons. The van der Waals surface area contributed by atoms with Crippen LogP contribution in [0.1, 0.15) is 57.6 Å². The minimum absolute atomic E-state index is 0.500. The molecular formula is C20H31F. The van der Waals surface area contributed by atoms with Crippen molar-refractivity contribution in [1.82, 2.24) is 0 Å². The number of hydrogen-bond donors (Lipinski definition) is 0. The van der Waals surface area contributed by atoms with E-state index in [1.54, 1.807) is 0 Å². The van der Waals surface area contributed by atoms with Crippen molar-refractivity contribution < 1.29 is 4.39 Å². The van der Waals surface area contributed by atoms with Gasteiger partial charge < -0.3 is 0 Å². The van der Waals surface area contributed by atoms with Crippen LogP contribution in [0.5, 0.6) is 0 Å². The van der Waals surface area contributed by atoms with Gasteiger partial charge in [-0.15, -0.1) is 0 Å². The van der Waals surface area contributed by atoms with E-state index >= 15 is 0 Å². The van der Waals surface area contributed by atoms with Crippen LogP contribution in [0.4, 0.5) is 4.39 Å². The van der Waals surface area contributed by atoms with E-state index in [1.165, 1.54) is 42.4 Å². The van der Waals surface area contributed by atoms with Crippen LogP contribution in [0, 0.1) is 0 Å². The Hall–Kier alpha value is -1.37. The molecule has 0 saturated heterocycles. The third-order valence-corrected chi connectivity index (χ3v) is 3.46. The first kappa shape index (κ1) is 19.6. The van der Waals surface area contributed by atoms with Gasteiger partial charge in [0.2, 0.25) is 0 Å². The van der Waals surface area contributed by atoms with E-state index in [9.17, 15) is 4.39 Å². The summed E-state index contributed by atoms with van der Waals surface area (Å²) in [4.78, 5) is 0. The minimum atomic E-state index is 0.500. The number of alkyl halides is 1. The molecule has 0 aliphatic heterocycles. The van der Waals surface area contributed by atoms with Crippen LogP contribution in [-0.2, 0) is 12.8 Å². The fourth-order valence-electron chi connectivity index (χ4n) is 2.29. The van der Waals surface area contributed by atoms with E-state index in [2.05, 4.69) is 49.4 Å². The molecule has 0 bridgehead atoms. The van der Waals surface area contributed by atoms with Crippen LogP contribution < -0.4 is 0 Å². The van der Waals surface area contributed by atoms with Crippen molar-refractivity contribution in [3.63, 3.8) is 0 Å². The maximum atomic E-state index is 9.50. The van der Waals surface area contributed by atoms with E-state index in [4.69, 9.17) is 0 Å². The Morgan fingerprint density at radius 2 is 1.48 bits per heavy atom. The predicted octanol–water partition coefficient (Wildman–Crippen LogP) is 6.46. The Labute approximate surface area is 130 Å². The zero-order valence-electron chi connectivity index (χ0n) is 14.2. The lowest BCUT2D eigenvalue weighted by atomic mass is 10.0. The maximum Gasteiger partial charge on any atom is 0.0785 e. The Morgan fingerprint density at radius 3 is 2.00 bits per heavy atom. The predicted molar refractivity (Wildman–Crippen MR) is 93.6 cm³/mol. The Balaban J connectivity index is 0.000000921. The second-order valence-corrected chi connectivity index (χ2v) is 4.79. The topological polar surface area (TPSA) is 0 Å². The van der Waals surface area contributed by atoms with Crippen molar-refractivity contribution >= 4 is 0 Å². The molecule has 1 aromatic carbocycles. The minimum Gasteiger partial charge on any atom is -0.255 e. The van der Waals surface area contributed by atoms with E-state index in [-0.39, 0.29) is 0 Å². The van der Waals surface area contributed by atoms with Gasteiger partial charge in [0.05, 0.1) is 7.18 Å². The normalized spacial score (nSPS) is 12.0. The molecule has 0 unspecified atom stereocenters. The average Bonchev–Trinajstić information content (AvgIpc) is 3.09. The quantitative estimate of drug-likeness (QED) is 0.527. The highest BCUT2D eigenvalue weighted by atomic mass is 19.1. The number of allylic oxidation sites excluding steroid dienone is 4. The smallest absolute Gasteiger partial charge is 0.0785 e. The van der Waals surface area contributed by atoms with E-state index in [1.807, 2.05) is 13.8 Å². The Bertz CT molecular complexity index is 398. The molecule has 0 amide bonds. The molecule has 0 aromatic heterocycles. The van der Waals surface area contributed by atoms with Gasteiger partial charge in [-0.3, -0.25) is 4.39 Å². The summed E-state index contributed by atoms with van der Waals surface area (Å²) in [5.41, 5.74) is 4.46. The fraction of sp³-hybridized carbons (Fsp3) is 0.500. The zero-order chi connectivity index (χ0) is 15.9. The van der Waals surface area contributed by atoms with Crippen LogP contribution in [0.2, 0.25) is 0 Å². The summed E-state index contributed by atoms with van der Waals surface area (Å²) < 4.78 is 9.50. The molecule has 1 aliphatic carbocycles. The largest absolute Gasteiger partial charge is 0.255 e. The second kappa shape index (κ2) is 13.6. The molecule has 1 heteroatoms. The van der Waals surface area contributed by atoms with Gasteiger partial charge >= 0.3 is 0 Å². The lowest BCUT2D eigenvalue weighted by Gasteiger charge is -2.03. The first-order chi connectivity index (χ1) is 10.4. The highest BCUT2D eigenvalue weighted by molar-refractivity contribution is 5.26. The molecule has 0 radical (unpaired) electrons. The fourth-order valence-corrected chi connectivity index (χ4v) is 2.29. The first-order valence-corrected chi connectivity index (χ1v) is 8.19. The standard InChI is InChI=1S/C17H22.C2H6.CH3F/c1-2-15-11-13-17(14-12-15)10-6-5-9-16-7-3-4-8-16;2*1-2/h3,7-8,11-14H,2,4-6,9-10H2,1H3;1-2H3;1H3. The van der Waals surface area contributed by atoms with Gasteiger partial charge in [0, 0.05) is 0 Å². The van der Waals surface area contributed by atoms with E-state index in [0.717, 1.165) is 12.8 Å². The summed E-state index contributed by atoms with van der Waals surface area (Å²) in [5, 5.41) is 0. The van der Waals surface area contributed by atoms with Gasteiger partial charge in [-0.1, -0.05) is 68.8 Å². The Morgan fingerprint density at radius 1 is 0.905 bits per heavy atom. The van der Waals surface area contributed by atoms with Crippen molar-refractivity contribution in [1.29, 1.82) is 0 Å². The highest BCUT2D eigenvalue weighted by Gasteiger charge is 1.98. The van der Waals surface area contributed by atoms with Gasteiger partial charge in [-0.25, -0.2) is 0 Å². The first-order valence-electron chi connectivity index (χ1n) is 8.19. The van der Waals surface area contributed by atoms with E-state index < -0.39 is 0 Å². The van der Waals surface area contributed by atoms with Crippen molar-refractivity contribution in [3.8, 4) is 0 Å². The highest BCUT2D eigenvalue weighted by Crippen LogP contribution is 2.17. The molecule has 1 aromatic rings. The summed E-state index contributed by atoms with van der Waals surface area (Å²) in [7, 11) is 0.500. The molecule has 0 atom stereocenters. The number of aryl methyl sites for hydroxylation is 2. The summed E-state index contributed by atoms with van der Waals surface area (Å²) in [6.45, 7) is 6.21. The average molecular weight is 290 g/mol. The molecule has 21 heavy (non-hydrogen) atoms. The molecule has 0 saturated carbocycles. The summed E-state index contributed by atoms with van der Waals surface area (Å²) in [6, 6.07) is 9.09. The SMILES string of the molecule is CC.CCc1ccc(CCCCC2=CCC=C2)cc1.CF. The molecular weight excluding hydrogens is 259 g/mol. The van der Waals surface area contributed by atoms with Crippen LogP contribution in [-0.4, -0.2) is 7.18 Å². The third-order valence-electron chi connectivity index (χ3n) is 3.46. The third kappa shape index (κ3) is 8.49. The lowest BCUT2D eigenvalue weighted by molar-refractivity contribution is 0.636. The molecule has 0 spiro atoms. The molecule has 2 rings (SSSR count). The maximum absolute atomic E-state index is 9.50. The molecule has 0 N–H and O–H groups in total. The summed E-state index contributed by atoms with van der Waals surface area (Å²) in [5.74, 6) is 0. The van der Waals surface area contributed by atoms with Gasteiger partial charge in [-0.05, 0) is 49.7 Å². The van der Waals surface area contributed by atoms with Crippen LogP contribution in [0.25, 0.3) is 0 Å². The van der Waals surface area contributed by atoms with E-state index in [0.29, 0.717) is 7.18 Å². The monoisotopic (exact) mass is 290 g/mol. The van der Waals surface area contributed by atoms with Gasteiger partial charge in [0.25, 0.3) is 0 Å². The molecule has 0 fully saturated rings. The Kier molecular flexibility index (Phi) is 12.7. The second-order valence-electron chi connectivity index (χ2n) is 4.79. The molecule has 1 aliphatic rings. The van der Waals surface area contributed by atoms with Crippen molar-refractivity contribution in [2.75, 3.05) is 7.18 Å². The molecule has 0 heterocycles. The van der Waals surface area contributed by atoms with Crippen molar-refractivity contribution in [2.24, 2.45) is 0 Å². The number of benzene rings is 1.